The van der Waals surface area contributed by atoms with E-state index in [0.29, 0.717) is 21.5 Å². The molecule has 0 atom stereocenters. The topological polar surface area (TPSA) is 59.8 Å². The number of nitrogens with zero attached hydrogens (tertiary/aromatic N) is 1. The number of furan rings is 1. The molecular weight excluding hydrogens is 418 g/mol. The molecule has 0 N–H and O–H groups in total. The van der Waals surface area contributed by atoms with Crippen LogP contribution in [0.5, 0.6) is 5.75 Å². The number of esters is 1. The molecule has 1 aliphatic rings. The summed E-state index contributed by atoms with van der Waals surface area (Å²) in [5.74, 6) is -0.122. The highest BCUT2D eigenvalue weighted by Crippen LogP contribution is 2.33. The second kappa shape index (κ2) is 9.11. The fourth-order valence-electron chi connectivity index (χ4n) is 2.91. The zero-order chi connectivity index (χ0) is 20.9. The SMILES string of the molecule is O=C(Oc1ccc(/C=C2\SC(=S)N(CCc3ccccc3)C2=O)cc1)c1ccco1. The van der Waals surface area contributed by atoms with E-state index in [4.69, 9.17) is 21.4 Å². The van der Waals surface area contributed by atoms with Crippen molar-refractivity contribution in [3.05, 3.63) is 94.8 Å². The Bertz CT molecular complexity index is 1090. The molecular formula is C23H17NO4S2. The molecule has 1 aromatic heterocycles. The Morgan fingerprint density at radius 2 is 1.83 bits per heavy atom. The third-order valence-electron chi connectivity index (χ3n) is 4.45. The van der Waals surface area contributed by atoms with Crippen LogP contribution < -0.4 is 4.74 Å². The quantitative estimate of drug-likeness (QED) is 0.237. The van der Waals surface area contributed by atoms with Crippen LogP contribution in [0.4, 0.5) is 0 Å². The second-order valence-electron chi connectivity index (χ2n) is 6.50. The molecule has 1 fully saturated rings. The summed E-state index contributed by atoms with van der Waals surface area (Å²) in [6.45, 7) is 0.549. The van der Waals surface area contributed by atoms with Gasteiger partial charge in [0.05, 0.1) is 11.2 Å². The van der Waals surface area contributed by atoms with Gasteiger partial charge in [0.2, 0.25) is 5.76 Å². The van der Waals surface area contributed by atoms with Gasteiger partial charge in [0.15, 0.2) is 0 Å². The lowest BCUT2D eigenvalue weighted by atomic mass is 10.1. The highest BCUT2D eigenvalue weighted by Gasteiger charge is 2.31. The van der Waals surface area contributed by atoms with E-state index in [2.05, 4.69) is 0 Å². The summed E-state index contributed by atoms with van der Waals surface area (Å²) in [7, 11) is 0. The van der Waals surface area contributed by atoms with Crippen molar-refractivity contribution in [1.29, 1.82) is 0 Å². The number of carbonyl (C=O) groups excluding carboxylic acids is 2. The predicted octanol–water partition coefficient (Wildman–Crippen LogP) is 4.94. The van der Waals surface area contributed by atoms with Crippen LogP contribution in [0, 0.1) is 0 Å². The molecule has 2 heterocycles. The molecule has 0 saturated carbocycles. The van der Waals surface area contributed by atoms with Crippen molar-refractivity contribution >= 4 is 46.3 Å². The van der Waals surface area contributed by atoms with Crippen molar-refractivity contribution in [3.63, 3.8) is 0 Å². The van der Waals surface area contributed by atoms with Crippen LogP contribution in [0.1, 0.15) is 21.7 Å². The maximum absolute atomic E-state index is 12.8. The molecule has 3 aromatic rings. The number of thioether (sulfide) groups is 1. The summed E-state index contributed by atoms with van der Waals surface area (Å²) >= 11 is 6.69. The van der Waals surface area contributed by atoms with Crippen molar-refractivity contribution in [2.24, 2.45) is 0 Å². The fraction of sp³-hybridized carbons (Fsp3) is 0.0870. The van der Waals surface area contributed by atoms with E-state index in [9.17, 15) is 9.59 Å². The summed E-state index contributed by atoms with van der Waals surface area (Å²) in [4.78, 5) is 26.9. The molecule has 4 rings (SSSR count). The third-order valence-corrected chi connectivity index (χ3v) is 5.83. The minimum Gasteiger partial charge on any atom is -0.457 e. The summed E-state index contributed by atoms with van der Waals surface area (Å²) in [5, 5.41) is 0. The first-order chi connectivity index (χ1) is 14.6. The van der Waals surface area contributed by atoms with Gasteiger partial charge in [-0.3, -0.25) is 9.69 Å². The summed E-state index contributed by atoms with van der Waals surface area (Å²) in [6.07, 6.45) is 3.95. The van der Waals surface area contributed by atoms with E-state index in [1.807, 2.05) is 30.3 Å². The van der Waals surface area contributed by atoms with E-state index in [0.717, 1.165) is 17.5 Å². The van der Waals surface area contributed by atoms with Crippen molar-refractivity contribution in [2.45, 2.75) is 6.42 Å². The number of carbonyl (C=O) groups is 2. The van der Waals surface area contributed by atoms with Gasteiger partial charge in [0.1, 0.15) is 10.1 Å². The average molecular weight is 436 g/mol. The second-order valence-corrected chi connectivity index (χ2v) is 8.18. The molecule has 0 radical (unpaired) electrons. The molecule has 150 valence electrons. The first kappa shape index (κ1) is 20.1. The van der Waals surface area contributed by atoms with Crippen LogP contribution in [0.2, 0.25) is 0 Å². The van der Waals surface area contributed by atoms with Crippen molar-refractivity contribution in [1.82, 2.24) is 4.90 Å². The average Bonchev–Trinajstić information content (AvgIpc) is 3.38. The zero-order valence-electron chi connectivity index (χ0n) is 15.8. The van der Waals surface area contributed by atoms with Crippen LogP contribution in [-0.4, -0.2) is 27.6 Å². The van der Waals surface area contributed by atoms with Gasteiger partial charge >= 0.3 is 5.97 Å². The number of hydrogen-bond donors (Lipinski definition) is 0. The lowest BCUT2D eigenvalue weighted by Crippen LogP contribution is -2.30. The Morgan fingerprint density at radius 3 is 2.53 bits per heavy atom. The maximum atomic E-state index is 12.8. The van der Waals surface area contributed by atoms with Crippen molar-refractivity contribution < 1.29 is 18.7 Å². The highest BCUT2D eigenvalue weighted by molar-refractivity contribution is 8.26. The number of thiocarbonyl (C=S) groups is 1. The van der Waals surface area contributed by atoms with Crippen molar-refractivity contribution in [3.8, 4) is 5.75 Å². The Balaban J connectivity index is 1.40. The molecule has 0 bridgehead atoms. The number of amides is 1. The molecule has 2 aromatic carbocycles. The van der Waals surface area contributed by atoms with Crippen LogP contribution in [0.3, 0.4) is 0 Å². The molecule has 1 saturated heterocycles. The van der Waals surface area contributed by atoms with Gasteiger partial charge in [0, 0.05) is 6.54 Å². The first-order valence-corrected chi connectivity index (χ1v) is 10.5. The van der Waals surface area contributed by atoms with Gasteiger partial charge in [-0.05, 0) is 47.9 Å². The van der Waals surface area contributed by atoms with Gasteiger partial charge in [-0.25, -0.2) is 4.79 Å². The minimum absolute atomic E-state index is 0.0887. The summed E-state index contributed by atoms with van der Waals surface area (Å²) in [5.41, 5.74) is 1.98. The van der Waals surface area contributed by atoms with Crippen LogP contribution in [-0.2, 0) is 11.2 Å². The molecule has 0 aliphatic carbocycles. The Hall–Kier alpha value is -3.16. The van der Waals surface area contributed by atoms with E-state index >= 15 is 0 Å². The van der Waals surface area contributed by atoms with E-state index in [1.54, 1.807) is 41.3 Å². The lowest BCUT2D eigenvalue weighted by Gasteiger charge is -2.14. The van der Waals surface area contributed by atoms with Gasteiger partial charge in [-0.15, -0.1) is 0 Å². The van der Waals surface area contributed by atoms with Crippen LogP contribution in [0.25, 0.3) is 6.08 Å². The molecule has 5 nitrogen and oxygen atoms in total. The summed E-state index contributed by atoms with van der Waals surface area (Å²) < 4.78 is 10.8. The third kappa shape index (κ3) is 4.69. The van der Waals surface area contributed by atoms with E-state index < -0.39 is 5.97 Å². The fourth-order valence-corrected chi connectivity index (χ4v) is 4.22. The number of ether oxygens (including phenoxy) is 1. The Labute approximate surface area is 183 Å². The smallest absolute Gasteiger partial charge is 0.379 e. The van der Waals surface area contributed by atoms with Crippen LogP contribution >= 0.6 is 24.0 Å². The number of hydrogen-bond acceptors (Lipinski definition) is 6. The van der Waals surface area contributed by atoms with Crippen LogP contribution in [0.15, 0.2) is 82.3 Å². The Kier molecular flexibility index (Phi) is 6.11. The normalized spacial score (nSPS) is 15.1. The monoisotopic (exact) mass is 435 g/mol. The molecule has 1 amide bonds. The zero-order valence-corrected chi connectivity index (χ0v) is 17.4. The first-order valence-electron chi connectivity index (χ1n) is 9.25. The minimum atomic E-state index is -0.563. The standard InChI is InChI=1S/C23H17NO4S2/c25-21-20(30-23(29)24(21)13-12-16-5-2-1-3-6-16)15-17-8-10-18(11-9-17)28-22(26)19-7-4-14-27-19/h1-11,14-15H,12-13H2/b20-15-. The van der Waals surface area contributed by atoms with Gasteiger partial charge in [-0.2, -0.15) is 0 Å². The molecule has 0 unspecified atom stereocenters. The molecule has 30 heavy (non-hydrogen) atoms. The largest absolute Gasteiger partial charge is 0.457 e. The predicted molar refractivity (Wildman–Crippen MR) is 120 cm³/mol. The summed E-state index contributed by atoms with van der Waals surface area (Å²) in [6, 6.07) is 20.1. The lowest BCUT2D eigenvalue weighted by molar-refractivity contribution is -0.122. The number of rotatable bonds is 6. The molecule has 7 heteroatoms. The maximum Gasteiger partial charge on any atom is 0.379 e. The van der Waals surface area contributed by atoms with Gasteiger partial charge < -0.3 is 9.15 Å². The number of benzene rings is 2. The molecule has 0 spiro atoms. The Morgan fingerprint density at radius 1 is 1.07 bits per heavy atom. The van der Waals surface area contributed by atoms with E-state index in [1.165, 1.54) is 24.1 Å². The van der Waals surface area contributed by atoms with Crippen molar-refractivity contribution in [2.75, 3.05) is 6.54 Å². The highest BCUT2D eigenvalue weighted by atomic mass is 32.2. The molecule has 1 aliphatic heterocycles. The van der Waals surface area contributed by atoms with E-state index in [-0.39, 0.29) is 11.7 Å². The van der Waals surface area contributed by atoms with Gasteiger partial charge in [-0.1, -0.05) is 66.4 Å². The van der Waals surface area contributed by atoms with Gasteiger partial charge in [0.25, 0.3) is 5.91 Å².